The predicted octanol–water partition coefficient (Wildman–Crippen LogP) is 7.47. The van der Waals surface area contributed by atoms with Crippen molar-refractivity contribution in [3.8, 4) is 22.3 Å². The van der Waals surface area contributed by atoms with Crippen molar-refractivity contribution in [2.75, 3.05) is 0 Å². The van der Waals surface area contributed by atoms with E-state index in [1.807, 2.05) is 18.2 Å². The molecule has 0 saturated heterocycles. The smallest absolute Gasteiger partial charge is 0.0484 e. The quantitative estimate of drug-likeness (QED) is 0.332. The summed E-state index contributed by atoms with van der Waals surface area (Å²) < 4.78 is 0. The molecule has 0 aliphatic heterocycles. The number of rotatable bonds is 1. The lowest BCUT2D eigenvalue weighted by molar-refractivity contribution is 0.661. The predicted molar refractivity (Wildman–Crippen MR) is 112 cm³/mol. The van der Waals surface area contributed by atoms with Crippen LogP contribution in [-0.2, 0) is 5.41 Å². The van der Waals surface area contributed by atoms with Crippen LogP contribution in [0.25, 0.3) is 33.0 Å². The summed E-state index contributed by atoms with van der Waals surface area (Å²) in [5.74, 6) is 0. The van der Waals surface area contributed by atoms with Crippen LogP contribution < -0.4 is 0 Å². The minimum Gasteiger partial charge on any atom is -0.0837 e. The molecule has 0 spiro atoms. The molecular weight excluding hydrogens is 336 g/mol. The normalized spacial score (nSPS) is 14.3. The highest BCUT2D eigenvalue weighted by Gasteiger charge is 2.36. The standard InChI is InChI=1S/C25H19Cl/c1-25(2)21-14-12-16-7-3-4-9-19(16)24(21)20-13-11-17(15-22(20)25)18-8-5-6-10-23(18)26/h3-15H,1-2H3. The van der Waals surface area contributed by atoms with E-state index in [2.05, 4.69) is 74.5 Å². The van der Waals surface area contributed by atoms with E-state index in [1.54, 1.807) is 0 Å². The van der Waals surface area contributed by atoms with Crippen LogP contribution in [0.5, 0.6) is 0 Å². The maximum Gasteiger partial charge on any atom is 0.0484 e. The molecular formula is C25H19Cl. The maximum atomic E-state index is 6.45. The van der Waals surface area contributed by atoms with Crippen molar-refractivity contribution in [2.45, 2.75) is 19.3 Å². The molecule has 0 atom stereocenters. The highest BCUT2D eigenvalue weighted by atomic mass is 35.5. The fourth-order valence-corrected chi connectivity index (χ4v) is 4.61. The lowest BCUT2D eigenvalue weighted by atomic mass is 9.81. The maximum absolute atomic E-state index is 6.45. The number of hydrogen-bond donors (Lipinski definition) is 0. The summed E-state index contributed by atoms with van der Waals surface area (Å²) >= 11 is 6.45. The van der Waals surface area contributed by atoms with Gasteiger partial charge < -0.3 is 0 Å². The van der Waals surface area contributed by atoms with E-state index >= 15 is 0 Å². The van der Waals surface area contributed by atoms with E-state index in [9.17, 15) is 0 Å². The Morgan fingerprint density at radius 3 is 2.31 bits per heavy atom. The van der Waals surface area contributed by atoms with Gasteiger partial charge in [0.05, 0.1) is 0 Å². The van der Waals surface area contributed by atoms with E-state index in [0.29, 0.717) is 0 Å². The first-order valence-electron chi connectivity index (χ1n) is 8.99. The molecule has 0 heterocycles. The van der Waals surface area contributed by atoms with Crippen LogP contribution >= 0.6 is 11.6 Å². The monoisotopic (exact) mass is 354 g/mol. The molecule has 0 radical (unpaired) electrons. The van der Waals surface area contributed by atoms with Gasteiger partial charge in [-0.05, 0) is 50.7 Å². The third-order valence-electron chi connectivity index (χ3n) is 5.75. The second-order valence-electron chi connectivity index (χ2n) is 7.57. The van der Waals surface area contributed by atoms with Crippen molar-refractivity contribution >= 4 is 22.4 Å². The average Bonchev–Trinajstić information content (AvgIpc) is 2.89. The molecule has 26 heavy (non-hydrogen) atoms. The summed E-state index contributed by atoms with van der Waals surface area (Å²) in [6.45, 7) is 4.64. The number of fused-ring (bicyclic) bond motifs is 5. The number of hydrogen-bond acceptors (Lipinski definition) is 0. The summed E-state index contributed by atoms with van der Waals surface area (Å²) in [5.41, 5.74) is 7.76. The van der Waals surface area contributed by atoms with Crippen molar-refractivity contribution < 1.29 is 0 Å². The minimum absolute atomic E-state index is 0.0219. The highest BCUT2D eigenvalue weighted by Crippen LogP contribution is 2.52. The van der Waals surface area contributed by atoms with Gasteiger partial charge in [0.1, 0.15) is 0 Å². The van der Waals surface area contributed by atoms with Crippen LogP contribution in [0.3, 0.4) is 0 Å². The van der Waals surface area contributed by atoms with Crippen molar-refractivity contribution in [2.24, 2.45) is 0 Å². The lowest BCUT2D eigenvalue weighted by Crippen LogP contribution is -2.15. The highest BCUT2D eigenvalue weighted by molar-refractivity contribution is 6.33. The molecule has 0 unspecified atom stereocenters. The van der Waals surface area contributed by atoms with Gasteiger partial charge in [-0.15, -0.1) is 0 Å². The van der Waals surface area contributed by atoms with Gasteiger partial charge in [0.2, 0.25) is 0 Å². The van der Waals surface area contributed by atoms with Crippen LogP contribution in [0, 0.1) is 0 Å². The lowest BCUT2D eigenvalue weighted by Gasteiger charge is -2.22. The summed E-state index contributed by atoms with van der Waals surface area (Å²) in [6, 6.07) is 28.1. The Morgan fingerprint density at radius 2 is 1.46 bits per heavy atom. The number of benzene rings is 4. The Bertz CT molecular complexity index is 1170. The van der Waals surface area contributed by atoms with Gasteiger partial charge in [0.15, 0.2) is 0 Å². The first-order valence-corrected chi connectivity index (χ1v) is 9.37. The molecule has 4 aromatic rings. The van der Waals surface area contributed by atoms with E-state index in [0.717, 1.165) is 10.6 Å². The Hall–Kier alpha value is -2.57. The van der Waals surface area contributed by atoms with Gasteiger partial charge >= 0.3 is 0 Å². The van der Waals surface area contributed by atoms with Gasteiger partial charge in [0.25, 0.3) is 0 Å². The van der Waals surface area contributed by atoms with E-state index in [-0.39, 0.29) is 5.41 Å². The molecule has 0 aromatic heterocycles. The van der Waals surface area contributed by atoms with Gasteiger partial charge in [-0.2, -0.15) is 0 Å². The molecule has 126 valence electrons. The minimum atomic E-state index is -0.0219. The molecule has 0 N–H and O–H groups in total. The summed E-state index contributed by atoms with van der Waals surface area (Å²) in [4.78, 5) is 0. The van der Waals surface area contributed by atoms with Crippen LogP contribution in [0.1, 0.15) is 25.0 Å². The largest absolute Gasteiger partial charge is 0.0837 e. The summed E-state index contributed by atoms with van der Waals surface area (Å²) in [6.07, 6.45) is 0. The Labute approximate surface area is 159 Å². The third kappa shape index (κ3) is 2.09. The zero-order valence-corrected chi connectivity index (χ0v) is 15.6. The Kier molecular flexibility index (Phi) is 3.29. The van der Waals surface area contributed by atoms with E-state index < -0.39 is 0 Å². The zero-order chi connectivity index (χ0) is 17.9. The number of halogens is 1. The van der Waals surface area contributed by atoms with Crippen LogP contribution in [0.15, 0.2) is 78.9 Å². The summed E-state index contributed by atoms with van der Waals surface area (Å²) in [5, 5.41) is 3.43. The SMILES string of the molecule is CC1(C)c2cc(-c3ccccc3Cl)ccc2-c2c1ccc1ccccc21. The van der Waals surface area contributed by atoms with Crippen molar-refractivity contribution in [1.29, 1.82) is 0 Å². The van der Waals surface area contributed by atoms with Gasteiger partial charge in [-0.3, -0.25) is 0 Å². The fraction of sp³-hybridized carbons (Fsp3) is 0.120. The van der Waals surface area contributed by atoms with Crippen LogP contribution in [0.4, 0.5) is 0 Å². The second-order valence-corrected chi connectivity index (χ2v) is 7.98. The van der Waals surface area contributed by atoms with E-state index in [4.69, 9.17) is 11.6 Å². The molecule has 1 heteroatoms. The average molecular weight is 355 g/mol. The zero-order valence-electron chi connectivity index (χ0n) is 14.9. The summed E-state index contributed by atoms with van der Waals surface area (Å²) in [7, 11) is 0. The van der Waals surface area contributed by atoms with Crippen LogP contribution in [-0.4, -0.2) is 0 Å². The molecule has 5 rings (SSSR count). The first kappa shape index (κ1) is 15.7. The molecule has 0 bridgehead atoms. The van der Waals surface area contributed by atoms with E-state index in [1.165, 1.54) is 38.6 Å². The molecule has 4 aromatic carbocycles. The van der Waals surface area contributed by atoms with Gasteiger partial charge in [-0.25, -0.2) is 0 Å². The third-order valence-corrected chi connectivity index (χ3v) is 6.08. The van der Waals surface area contributed by atoms with Crippen molar-refractivity contribution in [3.05, 3.63) is 95.0 Å². The topological polar surface area (TPSA) is 0 Å². The molecule has 0 saturated carbocycles. The molecule has 0 fully saturated rings. The van der Waals surface area contributed by atoms with Crippen molar-refractivity contribution in [1.82, 2.24) is 0 Å². The Balaban J connectivity index is 1.81. The van der Waals surface area contributed by atoms with Gasteiger partial charge in [0, 0.05) is 16.0 Å². The van der Waals surface area contributed by atoms with Crippen LogP contribution in [0.2, 0.25) is 5.02 Å². The molecule has 0 amide bonds. The fourth-order valence-electron chi connectivity index (χ4n) is 4.37. The van der Waals surface area contributed by atoms with Crippen molar-refractivity contribution in [3.63, 3.8) is 0 Å². The van der Waals surface area contributed by atoms with Gasteiger partial charge in [-0.1, -0.05) is 92.2 Å². The first-order chi connectivity index (χ1) is 12.6. The molecule has 0 nitrogen and oxygen atoms in total. The second kappa shape index (κ2) is 5.46. The molecule has 1 aliphatic carbocycles. The molecule has 1 aliphatic rings. The Morgan fingerprint density at radius 1 is 0.692 bits per heavy atom.